The molecule has 0 aliphatic heterocycles. The van der Waals surface area contributed by atoms with E-state index < -0.39 is 0 Å². The van der Waals surface area contributed by atoms with Crippen LogP contribution in [0.4, 0.5) is 5.13 Å². The first-order valence-electron chi connectivity index (χ1n) is 5.46. The Morgan fingerprint density at radius 2 is 1.72 bits per heavy atom. The van der Waals surface area contributed by atoms with E-state index in [1.165, 1.54) is 9.75 Å². The van der Waals surface area contributed by atoms with Gasteiger partial charge in [-0.15, -0.1) is 32.9 Å². The van der Waals surface area contributed by atoms with Crippen LogP contribution in [0.5, 0.6) is 0 Å². The molecule has 0 aliphatic carbocycles. The predicted octanol–water partition coefficient (Wildman–Crippen LogP) is 4.17. The second-order valence-electron chi connectivity index (χ2n) is 3.73. The van der Waals surface area contributed by atoms with Gasteiger partial charge in [-0.3, -0.25) is 0 Å². The van der Waals surface area contributed by atoms with Gasteiger partial charge in [-0.2, -0.15) is 0 Å². The number of rotatable bonds is 4. The van der Waals surface area contributed by atoms with Crippen molar-refractivity contribution in [1.29, 1.82) is 0 Å². The van der Waals surface area contributed by atoms with Gasteiger partial charge in [0.2, 0.25) is 5.13 Å². The van der Waals surface area contributed by atoms with E-state index in [1.54, 1.807) is 34.0 Å². The Hall–Kier alpha value is -1.24. The zero-order valence-corrected chi connectivity index (χ0v) is 12.1. The molecule has 0 aromatic carbocycles. The Labute approximate surface area is 117 Å². The number of aromatic nitrogens is 2. The molecule has 0 radical (unpaired) electrons. The summed E-state index contributed by atoms with van der Waals surface area (Å²) in [6.45, 7) is 1.97. The molecule has 0 unspecified atom stereocenters. The highest BCUT2D eigenvalue weighted by atomic mass is 32.1. The molecular weight excluding hydrogens is 282 g/mol. The summed E-state index contributed by atoms with van der Waals surface area (Å²) in [7, 11) is 0. The number of nitrogens with zero attached hydrogens (tertiary/aromatic N) is 2. The first kappa shape index (κ1) is 11.8. The summed E-state index contributed by atoms with van der Waals surface area (Å²) in [5, 5.41) is 17.7. The minimum Gasteiger partial charge on any atom is -0.348 e. The molecule has 18 heavy (non-hydrogen) atoms. The van der Waals surface area contributed by atoms with E-state index in [2.05, 4.69) is 50.5 Å². The van der Waals surface area contributed by atoms with Crippen LogP contribution in [0.2, 0.25) is 0 Å². The van der Waals surface area contributed by atoms with Crippen molar-refractivity contribution < 1.29 is 0 Å². The highest BCUT2D eigenvalue weighted by Gasteiger charge is 2.17. The van der Waals surface area contributed by atoms with Crippen molar-refractivity contribution in [1.82, 2.24) is 10.2 Å². The number of nitrogens with one attached hydrogen (secondary N) is 1. The molecule has 3 rings (SSSR count). The number of hydrogen-bond acceptors (Lipinski definition) is 6. The summed E-state index contributed by atoms with van der Waals surface area (Å²) in [5.74, 6) is 0. The number of aryl methyl sites for hydroxylation is 1. The zero-order valence-electron chi connectivity index (χ0n) is 9.66. The number of anilines is 1. The molecule has 0 spiro atoms. The molecule has 3 nitrogen and oxygen atoms in total. The molecule has 0 saturated carbocycles. The normalized spacial score (nSPS) is 11.0. The third kappa shape index (κ3) is 2.45. The Kier molecular flexibility index (Phi) is 3.40. The first-order valence-corrected chi connectivity index (χ1v) is 8.04. The summed E-state index contributed by atoms with van der Waals surface area (Å²) in [6.07, 6.45) is 0. The van der Waals surface area contributed by atoms with Gasteiger partial charge in [-0.1, -0.05) is 23.5 Å². The van der Waals surface area contributed by atoms with Gasteiger partial charge < -0.3 is 5.32 Å². The molecule has 3 aromatic rings. The average Bonchev–Trinajstić information content (AvgIpc) is 3.09. The van der Waals surface area contributed by atoms with Crippen LogP contribution in [0.25, 0.3) is 0 Å². The van der Waals surface area contributed by atoms with Gasteiger partial charge in [-0.25, -0.2) is 0 Å². The standard InChI is InChI=1S/C12H11N3S3/c1-8-14-15-12(18-8)13-11(9-4-2-6-16-9)10-5-3-7-17-10/h2-7,11H,1H3,(H,13,15). The summed E-state index contributed by atoms with van der Waals surface area (Å²) >= 11 is 5.10. The van der Waals surface area contributed by atoms with E-state index in [0.29, 0.717) is 0 Å². The lowest BCUT2D eigenvalue weighted by Gasteiger charge is -2.14. The second-order valence-corrected chi connectivity index (χ2v) is 6.87. The van der Waals surface area contributed by atoms with Crippen LogP contribution in [0.1, 0.15) is 20.8 Å². The van der Waals surface area contributed by atoms with Crippen molar-refractivity contribution in [2.75, 3.05) is 5.32 Å². The van der Waals surface area contributed by atoms with Crippen molar-refractivity contribution in [3.05, 3.63) is 49.8 Å². The molecule has 1 N–H and O–H groups in total. The smallest absolute Gasteiger partial charge is 0.206 e. The molecule has 3 aromatic heterocycles. The Balaban J connectivity index is 1.91. The largest absolute Gasteiger partial charge is 0.348 e. The van der Waals surface area contributed by atoms with E-state index in [0.717, 1.165) is 10.1 Å². The minimum absolute atomic E-state index is 0.178. The lowest BCUT2D eigenvalue weighted by atomic mass is 10.2. The summed E-state index contributed by atoms with van der Waals surface area (Å²) in [5.41, 5.74) is 0. The van der Waals surface area contributed by atoms with Crippen LogP contribution in [-0.4, -0.2) is 10.2 Å². The predicted molar refractivity (Wildman–Crippen MR) is 78.7 cm³/mol. The zero-order chi connectivity index (χ0) is 12.4. The molecule has 0 bridgehead atoms. The topological polar surface area (TPSA) is 37.8 Å². The fourth-order valence-electron chi connectivity index (χ4n) is 1.67. The number of hydrogen-bond donors (Lipinski definition) is 1. The first-order chi connectivity index (χ1) is 8.83. The van der Waals surface area contributed by atoms with Crippen LogP contribution >= 0.6 is 34.0 Å². The van der Waals surface area contributed by atoms with Crippen molar-refractivity contribution in [3.8, 4) is 0 Å². The maximum absolute atomic E-state index is 4.14. The van der Waals surface area contributed by atoms with Crippen molar-refractivity contribution >= 4 is 39.1 Å². The molecular formula is C12H11N3S3. The van der Waals surface area contributed by atoms with Crippen LogP contribution in [-0.2, 0) is 0 Å². The maximum atomic E-state index is 4.14. The second kappa shape index (κ2) is 5.17. The number of thiophene rings is 2. The SMILES string of the molecule is Cc1nnc(NC(c2cccs2)c2cccs2)s1. The quantitative estimate of drug-likeness (QED) is 0.784. The van der Waals surface area contributed by atoms with Gasteiger partial charge in [0.15, 0.2) is 0 Å². The van der Waals surface area contributed by atoms with Gasteiger partial charge in [0.05, 0.1) is 6.04 Å². The van der Waals surface area contributed by atoms with Gasteiger partial charge >= 0.3 is 0 Å². The van der Waals surface area contributed by atoms with E-state index in [-0.39, 0.29) is 6.04 Å². The van der Waals surface area contributed by atoms with E-state index in [4.69, 9.17) is 0 Å². The molecule has 3 heterocycles. The Morgan fingerprint density at radius 3 is 2.17 bits per heavy atom. The lowest BCUT2D eigenvalue weighted by Crippen LogP contribution is -2.09. The van der Waals surface area contributed by atoms with Crippen LogP contribution in [0, 0.1) is 6.92 Å². The molecule has 6 heteroatoms. The van der Waals surface area contributed by atoms with Crippen molar-refractivity contribution in [2.45, 2.75) is 13.0 Å². The Bertz CT molecular complexity index is 564. The van der Waals surface area contributed by atoms with E-state index >= 15 is 0 Å². The highest BCUT2D eigenvalue weighted by Crippen LogP contribution is 2.33. The van der Waals surface area contributed by atoms with Crippen molar-refractivity contribution in [3.63, 3.8) is 0 Å². The van der Waals surface area contributed by atoms with Gasteiger partial charge in [-0.05, 0) is 29.8 Å². The van der Waals surface area contributed by atoms with Gasteiger partial charge in [0, 0.05) is 9.75 Å². The third-order valence-corrected chi connectivity index (χ3v) is 5.09. The monoisotopic (exact) mass is 293 g/mol. The maximum Gasteiger partial charge on any atom is 0.206 e. The average molecular weight is 293 g/mol. The molecule has 0 amide bonds. The molecule has 0 saturated heterocycles. The molecule has 0 atom stereocenters. The van der Waals surface area contributed by atoms with Crippen LogP contribution in [0.15, 0.2) is 35.0 Å². The minimum atomic E-state index is 0.178. The molecule has 92 valence electrons. The Morgan fingerprint density at radius 1 is 1.06 bits per heavy atom. The van der Waals surface area contributed by atoms with Gasteiger partial charge in [0.1, 0.15) is 5.01 Å². The lowest BCUT2D eigenvalue weighted by molar-refractivity contribution is 0.959. The summed E-state index contributed by atoms with van der Waals surface area (Å²) < 4.78 is 0. The fraction of sp³-hybridized carbons (Fsp3) is 0.167. The van der Waals surface area contributed by atoms with Crippen LogP contribution < -0.4 is 5.32 Å². The summed E-state index contributed by atoms with van der Waals surface area (Å²) in [6, 6.07) is 8.63. The molecule has 0 aliphatic rings. The van der Waals surface area contributed by atoms with Gasteiger partial charge in [0.25, 0.3) is 0 Å². The van der Waals surface area contributed by atoms with E-state index in [1.807, 2.05) is 6.92 Å². The van der Waals surface area contributed by atoms with Crippen molar-refractivity contribution in [2.24, 2.45) is 0 Å². The third-order valence-electron chi connectivity index (χ3n) is 2.45. The fourth-order valence-corrected chi connectivity index (χ4v) is 3.95. The van der Waals surface area contributed by atoms with Crippen LogP contribution in [0.3, 0.4) is 0 Å². The summed E-state index contributed by atoms with van der Waals surface area (Å²) in [4.78, 5) is 2.59. The highest BCUT2D eigenvalue weighted by molar-refractivity contribution is 7.15. The van der Waals surface area contributed by atoms with E-state index in [9.17, 15) is 0 Å². The molecule has 0 fully saturated rings.